The molecule has 0 spiro atoms. The molecule has 0 heterocycles. The minimum absolute atomic E-state index is 0.215. The Bertz CT molecular complexity index is 330. The molecular weight excluding hydrogens is 258 g/mol. The largest absolute Gasteiger partial charge is 0.404 e. The molecule has 6 heteroatoms. The lowest BCUT2D eigenvalue weighted by atomic mass is 9.64. The van der Waals surface area contributed by atoms with E-state index in [9.17, 15) is 26.3 Å². The van der Waals surface area contributed by atoms with Crippen LogP contribution < -0.4 is 0 Å². The maximum absolute atomic E-state index is 13.0. The van der Waals surface area contributed by atoms with Crippen LogP contribution in [0, 0.1) is 10.8 Å². The van der Waals surface area contributed by atoms with E-state index in [4.69, 9.17) is 0 Å². The predicted molar refractivity (Wildman–Crippen MR) is 55.8 cm³/mol. The average molecular weight is 272 g/mol. The Morgan fingerprint density at radius 3 is 1.44 bits per heavy atom. The molecule has 0 atom stereocenters. The third-order valence-electron chi connectivity index (χ3n) is 3.64. The lowest BCUT2D eigenvalue weighted by Gasteiger charge is -2.44. The van der Waals surface area contributed by atoms with E-state index in [0.717, 1.165) is 19.1 Å². The topological polar surface area (TPSA) is 0 Å². The fourth-order valence-electron chi connectivity index (χ4n) is 2.01. The Labute approximate surface area is 101 Å². The molecule has 18 heavy (non-hydrogen) atoms. The highest BCUT2D eigenvalue weighted by molar-refractivity contribution is 5.22. The van der Waals surface area contributed by atoms with Gasteiger partial charge >= 0.3 is 12.4 Å². The van der Waals surface area contributed by atoms with Crippen molar-refractivity contribution < 1.29 is 26.3 Å². The molecule has 0 fully saturated rings. The van der Waals surface area contributed by atoms with Gasteiger partial charge in [-0.05, 0) is 19.8 Å². The first-order valence-electron chi connectivity index (χ1n) is 5.44. The molecule has 0 aliphatic heterocycles. The normalized spacial score (nSPS) is 20.9. The third kappa shape index (κ3) is 2.17. The Kier molecular flexibility index (Phi) is 3.62. The van der Waals surface area contributed by atoms with E-state index < -0.39 is 23.2 Å². The van der Waals surface area contributed by atoms with Crippen molar-refractivity contribution >= 4 is 0 Å². The Morgan fingerprint density at radius 2 is 1.17 bits per heavy atom. The van der Waals surface area contributed by atoms with Crippen LogP contribution in [0.2, 0.25) is 0 Å². The molecule has 1 rings (SSSR count). The number of alkyl halides is 6. The van der Waals surface area contributed by atoms with Crippen LogP contribution in [-0.2, 0) is 0 Å². The molecule has 104 valence electrons. The smallest absolute Gasteiger partial charge is 0.170 e. The lowest BCUT2D eigenvalue weighted by Crippen LogP contribution is -2.56. The van der Waals surface area contributed by atoms with Crippen molar-refractivity contribution in [2.75, 3.05) is 0 Å². The van der Waals surface area contributed by atoms with Gasteiger partial charge in [-0.15, -0.1) is 0 Å². The van der Waals surface area contributed by atoms with Crippen molar-refractivity contribution in [3.63, 3.8) is 0 Å². The monoisotopic (exact) mass is 272 g/mol. The second-order valence-corrected chi connectivity index (χ2v) is 4.79. The highest BCUT2D eigenvalue weighted by Gasteiger charge is 2.73. The minimum Gasteiger partial charge on any atom is -0.170 e. The van der Waals surface area contributed by atoms with E-state index in [2.05, 4.69) is 0 Å². The van der Waals surface area contributed by atoms with Crippen molar-refractivity contribution in [2.45, 2.75) is 39.0 Å². The summed E-state index contributed by atoms with van der Waals surface area (Å²) in [5.74, 6) is 0. The van der Waals surface area contributed by atoms with Gasteiger partial charge in [-0.3, -0.25) is 0 Å². The molecule has 1 aliphatic rings. The first-order chi connectivity index (χ1) is 7.96. The van der Waals surface area contributed by atoms with Crippen LogP contribution in [0.3, 0.4) is 0 Å². The van der Waals surface area contributed by atoms with Crippen molar-refractivity contribution in [1.29, 1.82) is 0 Å². The summed E-state index contributed by atoms with van der Waals surface area (Å²) in [6.45, 7) is 1.18. The SMILES string of the molecule is CC1(C(C)(C(F)(F)F)C(F)(F)F)C=CCCC=C1. The van der Waals surface area contributed by atoms with Crippen LogP contribution in [0.1, 0.15) is 26.7 Å². The van der Waals surface area contributed by atoms with E-state index in [-0.39, 0.29) is 6.92 Å². The molecule has 0 aromatic heterocycles. The van der Waals surface area contributed by atoms with E-state index in [1.165, 1.54) is 12.2 Å². The van der Waals surface area contributed by atoms with Crippen LogP contribution in [0.25, 0.3) is 0 Å². The van der Waals surface area contributed by atoms with Crippen LogP contribution in [0.15, 0.2) is 24.3 Å². The van der Waals surface area contributed by atoms with Crippen LogP contribution >= 0.6 is 0 Å². The first kappa shape index (κ1) is 15.1. The highest BCUT2D eigenvalue weighted by Crippen LogP contribution is 2.61. The molecule has 0 radical (unpaired) electrons. The standard InChI is InChI=1S/C12H14F6/c1-9(7-5-3-4-6-8-9)10(2,11(13,14)15)12(16,17)18/h5-8H,3-4H2,1-2H3. The zero-order valence-electron chi connectivity index (χ0n) is 9.99. The summed E-state index contributed by atoms with van der Waals surface area (Å²) in [6.07, 6.45) is -5.10. The zero-order chi connectivity index (χ0) is 14.2. The fourth-order valence-corrected chi connectivity index (χ4v) is 2.01. The molecule has 0 saturated carbocycles. The molecule has 0 unspecified atom stereocenters. The second-order valence-electron chi connectivity index (χ2n) is 4.79. The Hall–Kier alpha value is -0.940. The summed E-state index contributed by atoms with van der Waals surface area (Å²) >= 11 is 0. The van der Waals surface area contributed by atoms with Gasteiger partial charge in [0.15, 0.2) is 5.41 Å². The van der Waals surface area contributed by atoms with Crippen LogP contribution in [0.5, 0.6) is 0 Å². The van der Waals surface area contributed by atoms with Gasteiger partial charge in [0.2, 0.25) is 0 Å². The molecule has 0 aromatic carbocycles. The molecular formula is C12H14F6. The third-order valence-corrected chi connectivity index (χ3v) is 3.64. The van der Waals surface area contributed by atoms with Gasteiger partial charge < -0.3 is 0 Å². The quantitative estimate of drug-likeness (QED) is 0.464. The number of rotatable bonds is 1. The van der Waals surface area contributed by atoms with Gasteiger partial charge in [0, 0.05) is 5.41 Å². The van der Waals surface area contributed by atoms with Crippen molar-refractivity contribution in [1.82, 2.24) is 0 Å². The molecule has 0 bridgehead atoms. The van der Waals surface area contributed by atoms with Gasteiger partial charge in [-0.2, -0.15) is 26.3 Å². The van der Waals surface area contributed by atoms with E-state index in [0.29, 0.717) is 12.8 Å². The summed E-state index contributed by atoms with van der Waals surface area (Å²) in [5, 5.41) is 0. The fraction of sp³-hybridized carbons (Fsp3) is 0.667. The van der Waals surface area contributed by atoms with Gasteiger partial charge in [0.05, 0.1) is 0 Å². The predicted octanol–water partition coefficient (Wildman–Crippen LogP) is 5.03. The number of hydrogen-bond donors (Lipinski definition) is 0. The van der Waals surface area contributed by atoms with Crippen molar-refractivity contribution in [3.8, 4) is 0 Å². The number of halogens is 6. The van der Waals surface area contributed by atoms with Gasteiger partial charge in [0.25, 0.3) is 0 Å². The molecule has 0 saturated heterocycles. The van der Waals surface area contributed by atoms with Gasteiger partial charge in [-0.25, -0.2) is 0 Å². The van der Waals surface area contributed by atoms with E-state index in [1.807, 2.05) is 0 Å². The van der Waals surface area contributed by atoms with Gasteiger partial charge in [0.1, 0.15) is 0 Å². The Balaban J connectivity index is 3.45. The van der Waals surface area contributed by atoms with E-state index in [1.54, 1.807) is 0 Å². The molecule has 0 N–H and O–H groups in total. The first-order valence-corrected chi connectivity index (χ1v) is 5.44. The minimum atomic E-state index is -5.38. The average Bonchev–Trinajstić information content (AvgIpc) is 2.39. The molecule has 0 amide bonds. The van der Waals surface area contributed by atoms with Crippen LogP contribution in [-0.4, -0.2) is 12.4 Å². The summed E-state index contributed by atoms with van der Waals surface area (Å²) in [7, 11) is 0. The van der Waals surface area contributed by atoms with Crippen molar-refractivity contribution in [3.05, 3.63) is 24.3 Å². The highest BCUT2D eigenvalue weighted by atomic mass is 19.4. The maximum atomic E-state index is 13.0. The molecule has 0 nitrogen and oxygen atoms in total. The Morgan fingerprint density at radius 1 is 0.833 bits per heavy atom. The summed E-state index contributed by atoms with van der Waals surface area (Å²) in [6, 6.07) is 0. The summed E-state index contributed by atoms with van der Waals surface area (Å²) < 4.78 is 77.8. The summed E-state index contributed by atoms with van der Waals surface area (Å²) in [5.41, 5.74) is -5.93. The van der Waals surface area contributed by atoms with Gasteiger partial charge in [-0.1, -0.05) is 31.2 Å². The lowest BCUT2D eigenvalue weighted by molar-refractivity contribution is -0.356. The zero-order valence-corrected chi connectivity index (χ0v) is 9.99. The number of allylic oxidation sites excluding steroid dienone is 4. The second kappa shape index (κ2) is 4.31. The summed E-state index contributed by atoms with van der Waals surface area (Å²) in [4.78, 5) is 0. The molecule has 0 aromatic rings. The number of hydrogen-bond acceptors (Lipinski definition) is 0. The van der Waals surface area contributed by atoms with E-state index >= 15 is 0 Å². The molecule has 1 aliphatic carbocycles. The van der Waals surface area contributed by atoms with Crippen molar-refractivity contribution in [2.24, 2.45) is 10.8 Å². The maximum Gasteiger partial charge on any atom is 0.404 e. The van der Waals surface area contributed by atoms with Crippen LogP contribution in [0.4, 0.5) is 26.3 Å².